The van der Waals surface area contributed by atoms with Crippen molar-refractivity contribution in [1.82, 2.24) is 0 Å². The SMILES string of the molecule is N#CN=c1c2cc3c(cc2c2c(F)c(F)c(F)c(F)c12)c(=NC#N)c1c(F)c(F)c(F)c(F)c13. The summed E-state index contributed by atoms with van der Waals surface area (Å²) in [6.07, 6.45) is 2.59. The zero-order valence-corrected chi connectivity index (χ0v) is 16.0. The predicted octanol–water partition coefficient (Wildman–Crippen LogP) is 5.05. The van der Waals surface area contributed by atoms with Gasteiger partial charge in [0, 0.05) is 21.5 Å². The molecular weight excluding hydrogens is 472 g/mol. The Labute approximate surface area is 181 Å². The highest BCUT2D eigenvalue weighted by Crippen LogP contribution is 2.38. The Morgan fingerprint density at radius 3 is 1.03 bits per heavy atom. The molecule has 5 aromatic carbocycles. The van der Waals surface area contributed by atoms with Crippen LogP contribution in [-0.4, -0.2) is 0 Å². The van der Waals surface area contributed by atoms with Crippen molar-refractivity contribution in [2.24, 2.45) is 9.98 Å². The number of nitrogens with zero attached hydrogens (tertiary/aromatic N) is 4. The van der Waals surface area contributed by atoms with Crippen LogP contribution in [-0.2, 0) is 0 Å². The molecule has 0 heterocycles. The summed E-state index contributed by atoms with van der Waals surface area (Å²) < 4.78 is 114. The van der Waals surface area contributed by atoms with Crippen LogP contribution in [0.15, 0.2) is 22.1 Å². The van der Waals surface area contributed by atoms with E-state index in [2.05, 4.69) is 9.98 Å². The van der Waals surface area contributed by atoms with E-state index in [4.69, 9.17) is 10.5 Å². The number of halogens is 8. The van der Waals surface area contributed by atoms with Gasteiger partial charge < -0.3 is 0 Å². The summed E-state index contributed by atoms with van der Waals surface area (Å²) in [5.74, 6) is -16.1. The van der Waals surface area contributed by atoms with Crippen molar-refractivity contribution in [2.45, 2.75) is 0 Å². The average Bonchev–Trinajstić information content (AvgIpc) is 3.30. The molecule has 166 valence electrons. The van der Waals surface area contributed by atoms with E-state index in [1.54, 1.807) is 0 Å². The molecule has 0 spiro atoms. The van der Waals surface area contributed by atoms with Gasteiger partial charge >= 0.3 is 0 Å². The Morgan fingerprint density at radius 2 is 0.735 bits per heavy atom. The van der Waals surface area contributed by atoms with E-state index in [0.29, 0.717) is 0 Å². The van der Waals surface area contributed by atoms with Gasteiger partial charge in [-0.15, -0.1) is 0 Å². The third kappa shape index (κ3) is 2.39. The van der Waals surface area contributed by atoms with Gasteiger partial charge in [0.1, 0.15) is 0 Å². The van der Waals surface area contributed by atoms with Crippen molar-refractivity contribution in [3.05, 3.63) is 69.4 Å². The van der Waals surface area contributed by atoms with Crippen LogP contribution >= 0.6 is 0 Å². The van der Waals surface area contributed by atoms with Gasteiger partial charge in [0.05, 0.1) is 21.5 Å². The molecule has 0 aliphatic heterocycles. The summed E-state index contributed by atoms with van der Waals surface area (Å²) in [5.41, 5.74) is 0. The summed E-state index contributed by atoms with van der Waals surface area (Å²) in [6.45, 7) is 0. The van der Waals surface area contributed by atoms with E-state index in [1.807, 2.05) is 0 Å². The Balaban J connectivity index is 2.22. The third-order valence-corrected chi connectivity index (χ3v) is 5.54. The lowest BCUT2D eigenvalue weighted by molar-refractivity contribution is 0.418. The number of hydrogen-bond donors (Lipinski definition) is 0. The summed E-state index contributed by atoms with van der Waals surface area (Å²) in [4.78, 5) is 6.66. The second kappa shape index (κ2) is 6.96. The molecule has 0 amide bonds. The van der Waals surface area contributed by atoms with Crippen LogP contribution in [0, 0.1) is 69.4 Å². The van der Waals surface area contributed by atoms with Crippen molar-refractivity contribution in [3.8, 4) is 12.4 Å². The number of benzene rings is 3. The number of fused-ring (bicyclic) bond motifs is 6. The van der Waals surface area contributed by atoms with Crippen molar-refractivity contribution in [2.75, 3.05) is 0 Å². The molecule has 5 rings (SSSR count). The van der Waals surface area contributed by atoms with E-state index in [-0.39, 0.29) is 10.8 Å². The van der Waals surface area contributed by atoms with E-state index < -0.39 is 89.6 Å². The van der Waals surface area contributed by atoms with Crippen LogP contribution in [0.3, 0.4) is 0 Å². The first-order valence-electron chi connectivity index (χ1n) is 9.01. The largest absolute Gasteiger partial charge is 0.206 e. The molecule has 0 N–H and O–H groups in total. The minimum atomic E-state index is -2.18. The quantitative estimate of drug-likeness (QED) is 0.136. The Hall–Kier alpha value is -4.58. The molecule has 0 saturated carbocycles. The minimum Gasteiger partial charge on any atom is -0.203 e. The molecule has 34 heavy (non-hydrogen) atoms. The van der Waals surface area contributed by atoms with E-state index >= 15 is 0 Å². The lowest BCUT2D eigenvalue weighted by Gasteiger charge is -2.01. The molecular formula is C22H2F8N4. The average molecular weight is 474 g/mol. The lowest BCUT2D eigenvalue weighted by Crippen LogP contribution is -2.04. The molecule has 0 radical (unpaired) electrons. The summed E-state index contributed by atoms with van der Waals surface area (Å²) in [6, 6.07) is 1.79. The van der Waals surface area contributed by atoms with Gasteiger partial charge in [0.2, 0.25) is 12.4 Å². The maximum absolute atomic E-state index is 14.7. The topological polar surface area (TPSA) is 72.3 Å². The molecule has 0 aromatic heterocycles. The number of hydrogen-bond acceptors (Lipinski definition) is 4. The molecule has 0 aliphatic rings. The van der Waals surface area contributed by atoms with E-state index in [0.717, 1.165) is 12.1 Å². The highest BCUT2D eigenvalue weighted by molar-refractivity contribution is 6.21. The molecule has 5 aromatic rings. The molecule has 0 fully saturated rings. The number of nitriles is 2. The van der Waals surface area contributed by atoms with Gasteiger partial charge in [-0.05, 0) is 22.9 Å². The summed E-state index contributed by atoms with van der Waals surface area (Å²) in [5, 5.41) is 11.7. The highest BCUT2D eigenvalue weighted by atomic mass is 19.2. The second-order valence-electron chi connectivity index (χ2n) is 7.08. The first-order chi connectivity index (χ1) is 16.1. The molecule has 0 bridgehead atoms. The van der Waals surface area contributed by atoms with E-state index in [9.17, 15) is 35.1 Å². The van der Waals surface area contributed by atoms with E-state index in [1.165, 1.54) is 12.4 Å². The summed E-state index contributed by atoms with van der Waals surface area (Å²) >= 11 is 0. The van der Waals surface area contributed by atoms with Gasteiger partial charge in [-0.3, -0.25) is 0 Å². The Kier molecular flexibility index (Phi) is 4.35. The Morgan fingerprint density at radius 1 is 0.441 bits per heavy atom. The van der Waals surface area contributed by atoms with Crippen LogP contribution in [0.2, 0.25) is 0 Å². The smallest absolute Gasteiger partial charge is 0.203 e. The van der Waals surface area contributed by atoms with Crippen LogP contribution in [0.1, 0.15) is 0 Å². The minimum absolute atomic E-state index is 0.341. The van der Waals surface area contributed by atoms with Crippen LogP contribution < -0.4 is 10.7 Å². The molecule has 0 aliphatic carbocycles. The first-order valence-corrected chi connectivity index (χ1v) is 9.01. The van der Waals surface area contributed by atoms with Crippen molar-refractivity contribution >= 4 is 43.1 Å². The monoisotopic (exact) mass is 474 g/mol. The molecule has 0 unspecified atom stereocenters. The van der Waals surface area contributed by atoms with Crippen molar-refractivity contribution < 1.29 is 35.1 Å². The van der Waals surface area contributed by atoms with Gasteiger partial charge in [-0.25, -0.2) is 35.1 Å². The zero-order valence-electron chi connectivity index (χ0n) is 16.0. The number of rotatable bonds is 0. The van der Waals surface area contributed by atoms with Gasteiger partial charge in [-0.1, -0.05) is 0 Å². The standard InChI is InChI=1S/C22H2F8N4/c23-13-9-5-1-7-6(2-8(5)22(34-4-32)11(9)15(25)19(29)17(13)27)10-12(21(7)33-3-31)16(26)20(30)18(28)14(10)24/h1-2H. The first kappa shape index (κ1) is 21.3. The molecule has 0 atom stereocenters. The fraction of sp³-hybridized carbons (Fsp3) is 0. The van der Waals surface area contributed by atoms with Crippen molar-refractivity contribution in [1.29, 1.82) is 10.5 Å². The second-order valence-corrected chi connectivity index (χ2v) is 7.08. The maximum Gasteiger partial charge on any atom is 0.206 e. The van der Waals surface area contributed by atoms with Crippen LogP contribution in [0.5, 0.6) is 0 Å². The van der Waals surface area contributed by atoms with Gasteiger partial charge in [-0.2, -0.15) is 20.5 Å². The van der Waals surface area contributed by atoms with Crippen LogP contribution in [0.4, 0.5) is 35.1 Å². The Bertz CT molecular complexity index is 1830. The van der Waals surface area contributed by atoms with Gasteiger partial charge in [0.15, 0.2) is 46.5 Å². The lowest BCUT2D eigenvalue weighted by atomic mass is 10.1. The molecule has 0 saturated heterocycles. The van der Waals surface area contributed by atoms with Crippen LogP contribution in [0.25, 0.3) is 43.1 Å². The molecule has 4 nitrogen and oxygen atoms in total. The zero-order chi connectivity index (χ0) is 24.6. The maximum atomic E-state index is 14.7. The summed E-state index contributed by atoms with van der Waals surface area (Å²) in [7, 11) is 0. The fourth-order valence-corrected chi connectivity index (χ4v) is 4.22. The molecule has 12 heteroatoms. The van der Waals surface area contributed by atoms with Crippen molar-refractivity contribution in [3.63, 3.8) is 0 Å². The fourth-order valence-electron chi connectivity index (χ4n) is 4.22. The highest BCUT2D eigenvalue weighted by Gasteiger charge is 2.29. The normalized spacial score (nSPS) is 13.0. The predicted molar refractivity (Wildman–Crippen MR) is 101 cm³/mol. The third-order valence-electron chi connectivity index (χ3n) is 5.54. The van der Waals surface area contributed by atoms with Gasteiger partial charge in [0.25, 0.3) is 0 Å².